The highest BCUT2D eigenvalue weighted by Crippen LogP contribution is 2.34. The van der Waals surface area contributed by atoms with Crippen LogP contribution in [0.1, 0.15) is 16.1 Å². The zero-order valence-corrected chi connectivity index (χ0v) is 12.9. The van der Waals surface area contributed by atoms with E-state index in [1.54, 1.807) is 11.6 Å². The summed E-state index contributed by atoms with van der Waals surface area (Å²) in [6.07, 6.45) is -0.200. The number of carbonyl (C=O) groups is 1. The number of hydrogen-bond acceptors (Lipinski definition) is 4. The summed E-state index contributed by atoms with van der Waals surface area (Å²) in [5, 5.41) is 4.82. The molecule has 0 fully saturated rings. The number of nitrogens with zero attached hydrogens (tertiary/aromatic N) is 1. The van der Waals surface area contributed by atoms with Crippen molar-refractivity contribution in [1.29, 1.82) is 0 Å². The third-order valence-electron chi connectivity index (χ3n) is 2.90. The molecule has 1 aromatic carbocycles. The largest absolute Gasteiger partial charge is 0.497 e. The molecule has 1 heterocycles. The number of ether oxygens (including phenoxy) is 1. The number of halogens is 3. The van der Waals surface area contributed by atoms with Crippen molar-refractivity contribution in [1.82, 2.24) is 10.3 Å². The fourth-order valence-corrected chi connectivity index (χ4v) is 2.34. The van der Waals surface area contributed by atoms with E-state index < -0.39 is 17.6 Å². The average Bonchev–Trinajstić information content (AvgIpc) is 3.03. The summed E-state index contributed by atoms with van der Waals surface area (Å²) >= 11 is 1.35. The van der Waals surface area contributed by atoms with Gasteiger partial charge in [0.05, 0.1) is 12.7 Å². The monoisotopic (exact) mass is 342 g/mol. The van der Waals surface area contributed by atoms with E-state index in [1.165, 1.54) is 42.7 Å². The van der Waals surface area contributed by atoms with Gasteiger partial charge >= 0.3 is 6.18 Å². The lowest BCUT2D eigenvalue weighted by Gasteiger charge is -2.14. The average molecular weight is 342 g/mol. The molecule has 2 aromatic rings. The van der Waals surface area contributed by atoms with E-state index in [-0.39, 0.29) is 17.9 Å². The third kappa shape index (κ3) is 4.82. The number of thiazole rings is 1. The number of methoxy groups -OCH3 is 1. The molecule has 4 nitrogen and oxygen atoms in total. The van der Waals surface area contributed by atoms with Gasteiger partial charge in [0, 0.05) is 24.2 Å². The quantitative estimate of drug-likeness (QED) is 0.846. The van der Waals surface area contributed by atoms with Gasteiger partial charge in [-0.1, -0.05) is 6.07 Å². The van der Waals surface area contributed by atoms with Crippen molar-refractivity contribution in [2.75, 3.05) is 7.11 Å². The van der Waals surface area contributed by atoms with Crippen LogP contribution >= 0.6 is 11.3 Å². The molecule has 0 spiro atoms. The number of amides is 1. The van der Waals surface area contributed by atoms with Gasteiger partial charge in [0.1, 0.15) is 10.8 Å². The first-order valence-electron chi connectivity index (χ1n) is 6.49. The molecule has 1 N–H and O–H groups in total. The lowest BCUT2D eigenvalue weighted by atomic mass is 10.1. The zero-order valence-electron chi connectivity index (χ0n) is 12.1. The van der Waals surface area contributed by atoms with Gasteiger partial charge < -0.3 is 10.1 Å². The molecule has 0 atom stereocenters. The summed E-state index contributed by atoms with van der Waals surface area (Å²) in [5.41, 5.74) is -0.865. The molecule has 0 saturated carbocycles. The lowest BCUT2D eigenvalue weighted by molar-refractivity contribution is -0.138. The standard InChI is InChI=1S/C15H13F3N2O2S/c1-22-11-3-2-10(12(8-11)15(16,17)18)9-20-13(21)4-5-14-19-6-7-23-14/h2-8H,9H2,1H3,(H,20,21)/b5-4-. The Morgan fingerprint density at radius 3 is 2.83 bits per heavy atom. The number of aromatic nitrogens is 1. The SMILES string of the molecule is COc1ccc(CNC(=O)/C=C\c2nccs2)c(C(F)(F)F)c1. The molecule has 122 valence electrons. The normalized spacial score (nSPS) is 11.7. The zero-order chi connectivity index (χ0) is 16.9. The summed E-state index contributed by atoms with van der Waals surface area (Å²) in [4.78, 5) is 15.6. The predicted molar refractivity (Wildman–Crippen MR) is 81.0 cm³/mol. The van der Waals surface area contributed by atoms with Gasteiger partial charge in [-0.05, 0) is 23.8 Å². The highest BCUT2D eigenvalue weighted by Gasteiger charge is 2.33. The van der Waals surface area contributed by atoms with Crippen LogP contribution in [0.25, 0.3) is 6.08 Å². The molecular formula is C15H13F3N2O2S. The third-order valence-corrected chi connectivity index (χ3v) is 3.64. The van der Waals surface area contributed by atoms with Gasteiger partial charge in [0.25, 0.3) is 0 Å². The number of hydrogen-bond donors (Lipinski definition) is 1. The molecule has 0 aliphatic heterocycles. The van der Waals surface area contributed by atoms with Crippen molar-refractivity contribution in [3.05, 3.63) is 52.0 Å². The van der Waals surface area contributed by atoms with Gasteiger partial charge in [-0.3, -0.25) is 4.79 Å². The number of rotatable bonds is 5. The van der Waals surface area contributed by atoms with Crippen LogP contribution in [-0.4, -0.2) is 18.0 Å². The second kappa shape index (κ2) is 7.28. The summed E-state index contributed by atoms with van der Waals surface area (Å²) in [6.45, 7) is -0.236. The van der Waals surface area contributed by atoms with E-state index in [1.807, 2.05) is 0 Å². The Labute approximate surface area is 134 Å². The van der Waals surface area contributed by atoms with E-state index in [0.717, 1.165) is 6.07 Å². The predicted octanol–water partition coefficient (Wildman–Crippen LogP) is 3.50. The Kier molecular flexibility index (Phi) is 5.38. The topological polar surface area (TPSA) is 51.2 Å². The van der Waals surface area contributed by atoms with Crippen LogP contribution < -0.4 is 10.1 Å². The fraction of sp³-hybridized carbons (Fsp3) is 0.200. The van der Waals surface area contributed by atoms with Gasteiger partial charge in [0.2, 0.25) is 5.91 Å². The lowest BCUT2D eigenvalue weighted by Crippen LogP contribution is -2.22. The maximum absolute atomic E-state index is 13.0. The van der Waals surface area contributed by atoms with Crippen LogP contribution in [0, 0.1) is 0 Å². The first kappa shape index (κ1) is 17.0. The van der Waals surface area contributed by atoms with Crippen LogP contribution in [0.2, 0.25) is 0 Å². The van der Waals surface area contributed by atoms with Crippen molar-refractivity contribution < 1.29 is 22.7 Å². The Bertz CT molecular complexity index is 697. The second-order valence-electron chi connectivity index (χ2n) is 4.44. The summed E-state index contributed by atoms with van der Waals surface area (Å²) in [5.74, 6) is -0.389. The van der Waals surface area contributed by atoms with Crippen molar-refractivity contribution in [2.24, 2.45) is 0 Å². The molecule has 1 aromatic heterocycles. The molecule has 0 bridgehead atoms. The Morgan fingerprint density at radius 2 is 2.22 bits per heavy atom. The molecule has 23 heavy (non-hydrogen) atoms. The first-order valence-corrected chi connectivity index (χ1v) is 7.37. The molecule has 0 unspecified atom stereocenters. The van der Waals surface area contributed by atoms with Gasteiger partial charge in [0.15, 0.2) is 0 Å². The van der Waals surface area contributed by atoms with E-state index in [0.29, 0.717) is 5.01 Å². The molecule has 1 amide bonds. The molecule has 0 aliphatic carbocycles. The van der Waals surface area contributed by atoms with E-state index in [2.05, 4.69) is 10.3 Å². The van der Waals surface area contributed by atoms with Crippen LogP contribution in [0.15, 0.2) is 35.9 Å². The highest BCUT2D eigenvalue weighted by molar-refractivity contribution is 7.10. The highest BCUT2D eigenvalue weighted by atomic mass is 32.1. The van der Waals surface area contributed by atoms with E-state index >= 15 is 0 Å². The molecular weight excluding hydrogens is 329 g/mol. The summed E-state index contributed by atoms with van der Waals surface area (Å²) in [6, 6.07) is 3.61. The van der Waals surface area contributed by atoms with Gasteiger partial charge in [-0.15, -0.1) is 11.3 Å². The van der Waals surface area contributed by atoms with Crippen LogP contribution in [-0.2, 0) is 17.5 Å². The van der Waals surface area contributed by atoms with Crippen molar-refractivity contribution in [3.8, 4) is 5.75 Å². The first-order chi connectivity index (χ1) is 10.9. The van der Waals surface area contributed by atoms with Gasteiger partial charge in [-0.25, -0.2) is 4.98 Å². The van der Waals surface area contributed by atoms with Crippen molar-refractivity contribution in [3.63, 3.8) is 0 Å². The Morgan fingerprint density at radius 1 is 1.43 bits per heavy atom. The Hall–Kier alpha value is -2.35. The fourth-order valence-electron chi connectivity index (χ4n) is 1.81. The Balaban J connectivity index is 2.06. The maximum Gasteiger partial charge on any atom is 0.416 e. The molecule has 0 aliphatic rings. The summed E-state index contributed by atoms with van der Waals surface area (Å²) in [7, 11) is 1.29. The van der Waals surface area contributed by atoms with Gasteiger partial charge in [-0.2, -0.15) is 13.2 Å². The molecule has 0 radical (unpaired) electrons. The number of nitrogens with one attached hydrogen (secondary N) is 1. The number of carbonyl (C=O) groups excluding carboxylic acids is 1. The van der Waals surface area contributed by atoms with Crippen LogP contribution in [0.5, 0.6) is 5.75 Å². The van der Waals surface area contributed by atoms with Crippen molar-refractivity contribution in [2.45, 2.75) is 12.7 Å². The van der Waals surface area contributed by atoms with Crippen molar-refractivity contribution >= 4 is 23.3 Å². The molecule has 0 saturated heterocycles. The number of benzene rings is 1. The number of alkyl halides is 3. The minimum atomic E-state index is -4.52. The molecule has 2 rings (SSSR count). The van der Waals surface area contributed by atoms with E-state index in [4.69, 9.17) is 4.74 Å². The van der Waals surface area contributed by atoms with Crippen LogP contribution in [0.3, 0.4) is 0 Å². The maximum atomic E-state index is 13.0. The van der Waals surface area contributed by atoms with Crippen LogP contribution in [0.4, 0.5) is 13.2 Å². The molecule has 8 heteroatoms. The summed E-state index contributed by atoms with van der Waals surface area (Å²) < 4.78 is 43.9. The minimum absolute atomic E-state index is 0.0331. The second-order valence-corrected chi connectivity index (χ2v) is 5.37. The smallest absolute Gasteiger partial charge is 0.416 e. The van der Waals surface area contributed by atoms with E-state index in [9.17, 15) is 18.0 Å². The minimum Gasteiger partial charge on any atom is -0.497 e.